The van der Waals surface area contributed by atoms with Crippen molar-refractivity contribution in [2.24, 2.45) is 0 Å². The molecule has 1 aromatic rings. The van der Waals surface area contributed by atoms with Gasteiger partial charge < -0.3 is 0 Å². The molecule has 0 N–H and O–H groups in total. The Hall–Kier alpha value is -0.400. The monoisotopic (exact) mass is 339 g/mol. The van der Waals surface area contributed by atoms with Crippen LogP contribution in [0.2, 0.25) is 0 Å². The molecular formula is C14H17F4NS2. The molecule has 21 heavy (non-hydrogen) atoms. The second kappa shape index (κ2) is 7.24. The molecule has 0 amide bonds. The summed E-state index contributed by atoms with van der Waals surface area (Å²) in [5, 5.41) is -0.0383. The molecule has 1 aliphatic heterocycles. The van der Waals surface area contributed by atoms with Crippen LogP contribution in [0.5, 0.6) is 0 Å². The molecule has 0 bridgehead atoms. The van der Waals surface area contributed by atoms with Gasteiger partial charge in [-0.15, -0.1) is 11.8 Å². The SMILES string of the molecule is CSCCCN1CCSC1c1ccc(C(F)(F)F)c(F)c1. The zero-order chi connectivity index (χ0) is 15.5. The van der Waals surface area contributed by atoms with Crippen LogP contribution in [-0.4, -0.2) is 35.8 Å². The number of nitrogens with zero attached hydrogens (tertiary/aromatic N) is 1. The largest absolute Gasteiger partial charge is 0.419 e. The normalized spacial score (nSPS) is 20.1. The van der Waals surface area contributed by atoms with Crippen LogP contribution < -0.4 is 0 Å². The van der Waals surface area contributed by atoms with Crippen LogP contribution in [0.1, 0.15) is 22.9 Å². The Morgan fingerprint density at radius 2 is 2.14 bits per heavy atom. The highest BCUT2D eigenvalue weighted by molar-refractivity contribution is 7.99. The van der Waals surface area contributed by atoms with E-state index in [4.69, 9.17) is 0 Å². The predicted octanol–water partition coefficient (Wildman–Crippen LogP) is 4.65. The van der Waals surface area contributed by atoms with E-state index in [1.54, 1.807) is 23.5 Å². The lowest BCUT2D eigenvalue weighted by molar-refractivity contribution is -0.140. The molecule has 1 aromatic carbocycles. The maximum Gasteiger partial charge on any atom is 0.419 e. The van der Waals surface area contributed by atoms with E-state index < -0.39 is 17.6 Å². The number of alkyl halides is 3. The Morgan fingerprint density at radius 1 is 1.38 bits per heavy atom. The van der Waals surface area contributed by atoms with Gasteiger partial charge in [-0.1, -0.05) is 6.07 Å². The fourth-order valence-electron chi connectivity index (χ4n) is 2.37. The summed E-state index contributed by atoms with van der Waals surface area (Å²) in [7, 11) is 0. The van der Waals surface area contributed by atoms with Crippen LogP contribution in [0.15, 0.2) is 18.2 Å². The van der Waals surface area contributed by atoms with Crippen LogP contribution in [0, 0.1) is 5.82 Å². The lowest BCUT2D eigenvalue weighted by Gasteiger charge is -2.24. The molecule has 1 fully saturated rings. The van der Waals surface area contributed by atoms with Crippen LogP contribution in [-0.2, 0) is 6.18 Å². The third-order valence-corrected chi connectivity index (χ3v) is 5.36. The lowest BCUT2D eigenvalue weighted by atomic mass is 10.1. The number of benzene rings is 1. The van der Waals surface area contributed by atoms with Gasteiger partial charge in [0.25, 0.3) is 0 Å². The van der Waals surface area contributed by atoms with Gasteiger partial charge in [-0.25, -0.2) is 4.39 Å². The molecule has 0 saturated carbocycles. The van der Waals surface area contributed by atoms with Crippen molar-refractivity contribution in [3.05, 3.63) is 35.1 Å². The summed E-state index contributed by atoms with van der Waals surface area (Å²) in [5.41, 5.74) is -0.574. The minimum Gasteiger partial charge on any atom is -0.287 e. The van der Waals surface area contributed by atoms with E-state index in [2.05, 4.69) is 4.90 Å². The van der Waals surface area contributed by atoms with Crippen molar-refractivity contribution in [1.82, 2.24) is 4.90 Å². The highest BCUT2D eigenvalue weighted by Crippen LogP contribution is 2.40. The molecular weight excluding hydrogens is 322 g/mol. The van der Waals surface area contributed by atoms with Crippen molar-refractivity contribution < 1.29 is 17.6 Å². The van der Waals surface area contributed by atoms with Gasteiger partial charge >= 0.3 is 6.18 Å². The van der Waals surface area contributed by atoms with Gasteiger partial charge in [0.1, 0.15) is 5.82 Å². The zero-order valence-corrected chi connectivity index (χ0v) is 13.3. The van der Waals surface area contributed by atoms with Gasteiger partial charge in [-0.2, -0.15) is 24.9 Å². The standard InChI is InChI=1S/C14H17F4NS2/c1-20-7-2-5-19-6-8-21-13(19)10-3-4-11(12(15)9-10)14(16,17)18/h3-4,9,13H,2,5-8H2,1H3. The summed E-state index contributed by atoms with van der Waals surface area (Å²) in [6, 6.07) is 3.29. The van der Waals surface area contributed by atoms with Gasteiger partial charge in [0, 0.05) is 18.8 Å². The van der Waals surface area contributed by atoms with Crippen molar-refractivity contribution >= 4 is 23.5 Å². The lowest BCUT2D eigenvalue weighted by Crippen LogP contribution is -2.24. The van der Waals surface area contributed by atoms with E-state index in [1.165, 1.54) is 6.07 Å². The highest BCUT2D eigenvalue weighted by atomic mass is 32.2. The third kappa shape index (κ3) is 4.29. The molecule has 0 aromatic heterocycles. The number of rotatable bonds is 5. The maximum atomic E-state index is 13.7. The minimum atomic E-state index is -4.64. The highest BCUT2D eigenvalue weighted by Gasteiger charge is 2.35. The van der Waals surface area contributed by atoms with E-state index in [0.717, 1.165) is 43.1 Å². The number of thioether (sulfide) groups is 2. The first kappa shape index (κ1) is 17.0. The summed E-state index contributed by atoms with van der Waals surface area (Å²) in [4.78, 5) is 2.21. The van der Waals surface area contributed by atoms with E-state index in [1.807, 2.05) is 6.26 Å². The predicted molar refractivity (Wildman–Crippen MR) is 81.2 cm³/mol. The summed E-state index contributed by atoms with van der Waals surface area (Å²) in [6.07, 6.45) is -1.56. The molecule has 1 unspecified atom stereocenters. The fourth-order valence-corrected chi connectivity index (χ4v) is 4.11. The van der Waals surface area contributed by atoms with Crippen LogP contribution in [0.25, 0.3) is 0 Å². The van der Waals surface area contributed by atoms with Crippen molar-refractivity contribution in [3.63, 3.8) is 0 Å². The van der Waals surface area contributed by atoms with Crippen molar-refractivity contribution in [2.75, 3.05) is 30.9 Å². The van der Waals surface area contributed by atoms with Crippen LogP contribution in [0.3, 0.4) is 0 Å². The van der Waals surface area contributed by atoms with Gasteiger partial charge in [-0.3, -0.25) is 4.90 Å². The first-order chi connectivity index (χ1) is 9.93. The third-order valence-electron chi connectivity index (χ3n) is 3.36. The molecule has 1 nitrogen and oxygen atoms in total. The number of hydrogen-bond donors (Lipinski definition) is 0. The number of halogens is 4. The summed E-state index contributed by atoms with van der Waals surface area (Å²) >= 11 is 3.43. The Kier molecular flexibility index (Phi) is 5.85. The van der Waals surface area contributed by atoms with Crippen LogP contribution in [0.4, 0.5) is 17.6 Å². The average Bonchev–Trinajstić information content (AvgIpc) is 2.86. The minimum absolute atomic E-state index is 0.0383. The van der Waals surface area contributed by atoms with E-state index in [9.17, 15) is 17.6 Å². The molecule has 0 radical (unpaired) electrons. The molecule has 0 spiro atoms. The van der Waals surface area contributed by atoms with Gasteiger partial charge in [0.2, 0.25) is 0 Å². The molecule has 1 heterocycles. The molecule has 1 atom stereocenters. The first-order valence-electron chi connectivity index (χ1n) is 6.64. The zero-order valence-electron chi connectivity index (χ0n) is 11.6. The van der Waals surface area contributed by atoms with Gasteiger partial charge in [0.05, 0.1) is 10.9 Å². The quantitative estimate of drug-likeness (QED) is 0.568. The van der Waals surface area contributed by atoms with E-state index in [-0.39, 0.29) is 5.37 Å². The first-order valence-corrected chi connectivity index (χ1v) is 9.09. The maximum absolute atomic E-state index is 13.7. The molecule has 2 rings (SSSR count). The smallest absolute Gasteiger partial charge is 0.287 e. The van der Waals surface area contributed by atoms with Crippen molar-refractivity contribution in [3.8, 4) is 0 Å². The Morgan fingerprint density at radius 3 is 2.76 bits per heavy atom. The Balaban J connectivity index is 2.12. The van der Waals surface area contributed by atoms with Gasteiger partial charge in [0.15, 0.2) is 0 Å². The Bertz CT molecular complexity index is 479. The van der Waals surface area contributed by atoms with E-state index in [0.29, 0.717) is 5.56 Å². The van der Waals surface area contributed by atoms with Gasteiger partial charge in [-0.05, 0) is 36.1 Å². The topological polar surface area (TPSA) is 3.24 Å². The summed E-state index contributed by atoms with van der Waals surface area (Å²) < 4.78 is 51.4. The molecule has 1 saturated heterocycles. The Labute approximate surface area is 130 Å². The molecule has 0 aliphatic carbocycles. The molecule has 7 heteroatoms. The number of hydrogen-bond acceptors (Lipinski definition) is 3. The summed E-state index contributed by atoms with van der Waals surface area (Å²) in [6.45, 7) is 1.79. The van der Waals surface area contributed by atoms with E-state index >= 15 is 0 Å². The average molecular weight is 339 g/mol. The molecule has 1 aliphatic rings. The van der Waals surface area contributed by atoms with Crippen molar-refractivity contribution in [2.45, 2.75) is 18.0 Å². The van der Waals surface area contributed by atoms with Crippen LogP contribution >= 0.6 is 23.5 Å². The van der Waals surface area contributed by atoms with Crippen molar-refractivity contribution in [1.29, 1.82) is 0 Å². The fraction of sp³-hybridized carbons (Fsp3) is 0.571. The second-order valence-electron chi connectivity index (χ2n) is 4.84. The second-order valence-corrected chi connectivity index (χ2v) is 7.02. The summed E-state index contributed by atoms with van der Waals surface area (Å²) in [5.74, 6) is 0.790. The molecule has 118 valence electrons.